The van der Waals surface area contributed by atoms with Crippen LogP contribution in [-0.4, -0.2) is 65.5 Å². The quantitative estimate of drug-likeness (QED) is 0.452. The molecule has 188 valence electrons. The van der Waals surface area contributed by atoms with Gasteiger partial charge in [-0.1, -0.05) is 0 Å². The SMILES string of the molecule is CC(=O)N1CC2(CCC(Nc3ncc4c(-c5ccc6nc(C)n(CC(F)F)c6n5)ccn4n3)CC2)C1. The number of hydrogen-bond donors (Lipinski definition) is 1. The molecule has 0 atom stereocenters. The number of halogens is 2. The summed E-state index contributed by atoms with van der Waals surface area (Å²) in [5.74, 6) is 1.24. The van der Waals surface area contributed by atoms with E-state index in [1.54, 1.807) is 30.6 Å². The highest BCUT2D eigenvalue weighted by Crippen LogP contribution is 2.44. The van der Waals surface area contributed by atoms with E-state index in [9.17, 15) is 13.6 Å². The van der Waals surface area contributed by atoms with Crippen LogP contribution < -0.4 is 5.32 Å². The molecular formula is C25H28F2N8O. The Morgan fingerprint density at radius 3 is 2.69 bits per heavy atom. The number of anilines is 1. The molecule has 6 rings (SSSR count). The summed E-state index contributed by atoms with van der Waals surface area (Å²) in [6, 6.07) is 5.86. The van der Waals surface area contributed by atoms with Crippen molar-refractivity contribution in [2.45, 2.75) is 58.5 Å². The van der Waals surface area contributed by atoms with Gasteiger partial charge in [0.25, 0.3) is 6.43 Å². The van der Waals surface area contributed by atoms with E-state index in [1.807, 2.05) is 23.2 Å². The maximum atomic E-state index is 13.1. The number of rotatable bonds is 5. The van der Waals surface area contributed by atoms with Crippen molar-refractivity contribution in [3.05, 3.63) is 36.4 Å². The van der Waals surface area contributed by atoms with Gasteiger partial charge in [-0.3, -0.25) is 4.79 Å². The van der Waals surface area contributed by atoms with Gasteiger partial charge in [-0.25, -0.2) is 28.2 Å². The Morgan fingerprint density at radius 2 is 1.97 bits per heavy atom. The van der Waals surface area contributed by atoms with Gasteiger partial charge >= 0.3 is 0 Å². The minimum Gasteiger partial charge on any atom is -0.350 e. The van der Waals surface area contributed by atoms with E-state index in [0.717, 1.165) is 49.9 Å². The number of likely N-dealkylation sites (tertiary alicyclic amines) is 1. The highest BCUT2D eigenvalue weighted by atomic mass is 19.3. The number of alkyl halides is 2. The largest absolute Gasteiger partial charge is 0.350 e. The lowest BCUT2D eigenvalue weighted by Gasteiger charge is -2.53. The summed E-state index contributed by atoms with van der Waals surface area (Å²) in [6.45, 7) is 4.67. The lowest BCUT2D eigenvalue weighted by atomic mass is 9.67. The molecule has 11 heteroatoms. The molecule has 0 unspecified atom stereocenters. The van der Waals surface area contributed by atoms with Crippen LogP contribution in [0.2, 0.25) is 0 Å². The molecule has 4 aromatic rings. The molecule has 4 aromatic heterocycles. The lowest BCUT2D eigenvalue weighted by molar-refractivity contribution is -0.143. The molecule has 0 bridgehead atoms. The first kappa shape index (κ1) is 22.8. The Balaban J connectivity index is 1.19. The zero-order valence-corrected chi connectivity index (χ0v) is 20.3. The lowest BCUT2D eigenvalue weighted by Crippen LogP contribution is -2.59. The number of pyridine rings is 1. The molecule has 2 aliphatic rings. The molecule has 1 amide bonds. The van der Waals surface area contributed by atoms with Crippen molar-refractivity contribution in [1.82, 2.24) is 34.0 Å². The predicted octanol–water partition coefficient (Wildman–Crippen LogP) is 3.92. The molecule has 1 saturated carbocycles. The number of fused-ring (bicyclic) bond motifs is 2. The molecule has 0 aromatic carbocycles. The Morgan fingerprint density at radius 1 is 1.19 bits per heavy atom. The first-order chi connectivity index (χ1) is 17.3. The number of carbonyl (C=O) groups excluding carboxylic acids is 1. The monoisotopic (exact) mass is 494 g/mol. The van der Waals surface area contributed by atoms with Gasteiger partial charge in [0.15, 0.2) is 5.65 Å². The minimum atomic E-state index is -2.49. The molecule has 36 heavy (non-hydrogen) atoms. The van der Waals surface area contributed by atoms with Crippen molar-refractivity contribution >= 4 is 28.5 Å². The third-order valence-corrected chi connectivity index (χ3v) is 7.67. The summed E-state index contributed by atoms with van der Waals surface area (Å²) >= 11 is 0. The van der Waals surface area contributed by atoms with E-state index in [0.29, 0.717) is 40.1 Å². The Hall–Kier alpha value is -3.63. The van der Waals surface area contributed by atoms with Crippen molar-refractivity contribution in [2.75, 3.05) is 18.4 Å². The van der Waals surface area contributed by atoms with E-state index < -0.39 is 13.0 Å². The second-order valence-corrected chi connectivity index (χ2v) is 10.1. The van der Waals surface area contributed by atoms with Crippen LogP contribution in [0.3, 0.4) is 0 Å². The zero-order valence-electron chi connectivity index (χ0n) is 20.3. The average Bonchev–Trinajstić information content (AvgIpc) is 3.38. The third kappa shape index (κ3) is 3.96. The van der Waals surface area contributed by atoms with E-state index in [1.165, 1.54) is 4.57 Å². The maximum Gasteiger partial charge on any atom is 0.256 e. The zero-order chi connectivity index (χ0) is 25.0. The fourth-order valence-electron chi connectivity index (χ4n) is 5.66. The Kier molecular flexibility index (Phi) is 5.38. The van der Waals surface area contributed by atoms with Crippen LogP contribution in [0.1, 0.15) is 38.4 Å². The predicted molar refractivity (Wildman–Crippen MR) is 131 cm³/mol. The summed E-state index contributed by atoms with van der Waals surface area (Å²) in [4.78, 5) is 27.0. The molecule has 0 radical (unpaired) electrons. The van der Waals surface area contributed by atoms with Crippen molar-refractivity contribution in [2.24, 2.45) is 5.41 Å². The van der Waals surface area contributed by atoms with E-state index >= 15 is 0 Å². The molecule has 1 aliphatic carbocycles. The van der Waals surface area contributed by atoms with Gasteiger partial charge in [0, 0.05) is 43.2 Å². The van der Waals surface area contributed by atoms with Crippen LogP contribution in [0.4, 0.5) is 14.7 Å². The van der Waals surface area contributed by atoms with Crippen molar-refractivity contribution in [3.63, 3.8) is 0 Å². The van der Waals surface area contributed by atoms with Crippen LogP contribution in [-0.2, 0) is 11.3 Å². The molecule has 5 heterocycles. The highest BCUT2D eigenvalue weighted by Gasteiger charge is 2.46. The van der Waals surface area contributed by atoms with E-state index in [-0.39, 0.29) is 5.91 Å². The number of nitrogens with zero attached hydrogens (tertiary/aromatic N) is 7. The molecule has 9 nitrogen and oxygen atoms in total. The van der Waals surface area contributed by atoms with Gasteiger partial charge in [-0.2, -0.15) is 0 Å². The third-order valence-electron chi connectivity index (χ3n) is 7.67. The Labute approximate surface area is 206 Å². The van der Waals surface area contributed by atoms with E-state index in [2.05, 4.69) is 25.4 Å². The normalized spacial score (nSPS) is 17.9. The van der Waals surface area contributed by atoms with Gasteiger partial charge in [0.1, 0.15) is 11.3 Å². The maximum absolute atomic E-state index is 13.1. The number of nitrogens with one attached hydrogen (secondary N) is 1. The van der Waals surface area contributed by atoms with Gasteiger partial charge in [0.05, 0.1) is 24.0 Å². The fraction of sp³-hybridized carbons (Fsp3) is 0.480. The smallest absolute Gasteiger partial charge is 0.256 e. The van der Waals surface area contributed by atoms with Gasteiger partial charge in [0.2, 0.25) is 11.9 Å². The number of hydrogen-bond acceptors (Lipinski definition) is 6. The minimum absolute atomic E-state index is 0.165. The second kappa shape index (κ2) is 8.49. The standard InChI is InChI=1S/C25H28F2N8O/c1-15-29-20-4-3-19(31-23(20)34(15)12-22(26)27)18-7-10-35-21(18)11-28-24(32-35)30-17-5-8-25(9-6-17)13-33(14-25)16(2)36/h3-4,7,10-11,17,22H,5-6,8-9,12-14H2,1-2H3,(H,30,32). The van der Waals surface area contributed by atoms with Crippen LogP contribution in [0.15, 0.2) is 30.6 Å². The number of aromatic nitrogens is 6. The van der Waals surface area contributed by atoms with Crippen molar-refractivity contribution in [1.29, 1.82) is 0 Å². The summed E-state index contributed by atoms with van der Waals surface area (Å²) in [6.07, 6.45) is 5.38. The number of carbonyl (C=O) groups is 1. The molecule has 1 N–H and O–H groups in total. The summed E-state index contributed by atoms with van der Waals surface area (Å²) in [5, 5.41) is 8.11. The number of aryl methyl sites for hydroxylation is 1. The first-order valence-electron chi connectivity index (χ1n) is 12.3. The van der Waals surface area contributed by atoms with Crippen molar-refractivity contribution in [3.8, 4) is 11.3 Å². The van der Waals surface area contributed by atoms with Crippen LogP contribution in [0.25, 0.3) is 27.9 Å². The number of amides is 1. The second-order valence-electron chi connectivity index (χ2n) is 10.1. The highest BCUT2D eigenvalue weighted by molar-refractivity contribution is 5.82. The van der Waals surface area contributed by atoms with Crippen molar-refractivity contribution < 1.29 is 13.6 Å². The molecule has 1 aliphatic heterocycles. The van der Waals surface area contributed by atoms with Crippen LogP contribution in [0.5, 0.6) is 0 Å². The van der Waals surface area contributed by atoms with E-state index in [4.69, 9.17) is 0 Å². The number of imidazole rings is 1. The van der Waals surface area contributed by atoms with Gasteiger partial charge < -0.3 is 14.8 Å². The molecule has 2 fully saturated rings. The summed E-state index contributed by atoms with van der Waals surface area (Å²) in [7, 11) is 0. The molecule has 1 saturated heterocycles. The van der Waals surface area contributed by atoms with Crippen LogP contribution in [0, 0.1) is 12.3 Å². The van der Waals surface area contributed by atoms with Crippen LogP contribution >= 0.6 is 0 Å². The van der Waals surface area contributed by atoms with Gasteiger partial charge in [-0.05, 0) is 50.8 Å². The summed E-state index contributed by atoms with van der Waals surface area (Å²) in [5.41, 5.74) is 3.59. The first-order valence-corrected chi connectivity index (χ1v) is 12.3. The fourth-order valence-corrected chi connectivity index (χ4v) is 5.66. The van der Waals surface area contributed by atoms with Gasteiger partial charge in [-0.15, -0.1) is 5.10 Å². The average molecular weight is 495 g/mol. The summed E-state index contributed by atoms with van der Waals surface area (Å²) < 4.78 is 29.4. The molecule has 1 spiro atoms. The Bertz CT molecular complexity index is 1450. The topological polar surface area (TPSA) is 93.2 Å². The molecular weight excluding hydrogens is 466 g/mol.